The number of aliphatic hydroxyl groups is 2. The van der Waals surface area contributed by atoms with Crippen LogP contribution in [0.5, 0.6) is 11.5 Å². The fourth-order valence-corrected chi connectivity index (χ4v) is 5.04. The third-order valence-electron chi connectivity index (χ3n) is 6.23. The molecule has 0 bridgehead atoms. The van der Waals surface area contributed by atoms with Gasteiger partial charge in [-0.3, -0.25) is 14.4 Å². The van der Waals surface area contributed by atoms with E-state index in [1.54, 1.807) is 17.0 Å². The monoisotopic (exact) mass is 648 g/mol. The van der Waals surface area contributed by atoms with E-state index >= 15 is 0 Å². The van der Waals surface area contributed by atoms with Gasteiger partial charge in [-0.2, -0.15) is 0 Å². The zero-order valence-corrected chi connectivity index (χ0v) is 24.0. The minimum Gasteiger partial charge on any atom is -0.493 e. The predicted molar refractivity (Wildman–Crippen MR) is 155 cm³/mol. The van der Waals surface area contributed by atoms with Gasteiger partial charge in [0.05, 0.1) is 23.3 Å². The van der Waals surface area contributed by atoms with Gasteiger partial charge in [0.15, 0.2) is 11.5 Å². The number of rotatable bonds is 12. The average molecular weight is 648 g/mol. The number of halogens is 1. The lowest BCUT2D eigenvalue weighted by Crippen LogP contribution is -2.54. The summed E-state index contributed by atoms with van der Waals surface area (Å²) in [6.07, 6.45) is 3.96. The molecule has 2 aromatic carbocycles. The van der Waals surface area contributed by atoms with Crippen molar-refractivity contribution in [1.29, 1.82) is 0 Å². The van der Waals surface area contributed by atoms with E-state index in [-0.39, 0.29) is 32.0 Å². The molecule has 2 amide bonds. The summed E-state index contributed by atoms with van der Waals surface area (Å²) in [6.45, 7) is 1.95. The lowest BCUT2D eigenvalue weighted by atomic mass is 9.87. The van der Waals surface area contributed by atoms with Crippen molar-refractivity contribution in [1.82, 2.24) is 10.2 Å². The Hall–Kier alpha value is -3.22. The molecule has 0 aliphatic heterocycles. The number of carbonyl (C=O) groups is 3. The number of nitrogens with one attached hydrogen (secondary N) is 1. The molecule has 0 unspecified atom stereocenters. The first-order valence-electron chi connectivity index (χ1n) is 12.6. The Labute approximate surface area is 241 Å². The number of amides is 2. The van der Waals surface area contributed by atoms with Gasteiger partial charge in [0.2, 0.25) is 11.8 Å². The fourth-order valence-electron chi connectivity index (χ4n) is 4.29. The molecule has 208 valence electrons. The van der Waals surface area contributed by atoms with Gasteiger partial charge in [0.1, 0.15) is 18.5 Å². The van der Waals surface area contributed by atoms with Crippen LogP contribution < -0.4 is 14.8 Å². The maximum absolute atomic E-state index is 13.4. The zero-order valence-electron chi connectivity index (χ0n) is 21.9. The second kappa shape index (κ2) is 14.8. The number of ether oxygens (including phenoxy) is 2. The van der Waals surface area contributed by atoms with E-state index < -0.39 is 24.2 Å². The summed E-state index contributed by atoms with van der Waals surface area (Å²) in [7, 11) is 1.44. The second-order valence-electron chi connectivity index (χ2n) is 8.93. The number of nitrogens with zero attached hydrogens (tertiary/aromatic N) is 1. The molecule has 39 heavy (non-hydrogen) atoms. The standard InChI is InChI=1S/C29H33IN2O7/c1-3-4-10-26(35)32(17-19-8-6-5-7-9-19)23-15-21(29(37)31-11-12-33)16-24(27(23)36)39-28-22(30)13-20(18-34)14-25(28)38-2/h4-10,13-14,16,18,23-24,27,33,36H,3,11-12,15,17H2,1-2H3,(H,31,37)/t23-,24+,27+/m1/s1. The number of hydrogen-bond acceptors (Lipinski definition) is 7. The molecule has 0 radical (unpaired) electrons. The van der Waals surface area contributed by atoms with Crippen LogP contribution >= 0.6 is 22.6 Å². The van der Waals surface area contributed by atoms with Gasteiger partial charge in [0.25, 0.3) is 0 Å². The molecule has 1 aliphatic carbocycles. The highest BCUT2D eigenvalue weighted by molar-refractivity contribution is 14.1. The molecule has 0 aromatic heterocycles. The van der Waals surface area contributed by atoms with Gasteiger partial charge >= 0.3 is 0 Å². The minimum atomic E-state index is -1.20. The third kappa shape index (κ3) is 7.90. The Balaban J connectivity index is 2.04. The number of allylic oxidation sites excluding steroid dienone is 1. The number of benzene rings is 2. The number of methoxy groups -OCH3 is 1. The van der Waals surface area contributed by atoms with E-state index in [0.29, 0.717) is 38.9 Å². The summed E-state index contributed by atoms with van der Waals surface area (Å²) in [5.41, 5.74) is 1.57. The predicted octanol–water partition coefficient (Wildman–Crippen LogP) is 3.02. The van der Waals surface area contributed by atoms with Crippen LogP contribution in [0.3, 0.4) is 0 Å². The van der Waals surface area contributed by atoms with Gasteiger partial charge in [-0.15, -0.1) is 0 Å². The van der Waals surface area contributed by atoms with Crippen molar-refractivity contribution in [2.75, 3.05) is 20.3 Å². The van der Waals surface area contributed by atoms with Crippen LogP contribution in [0.25, 0.3) is 0 Å². The smallest absolute Gasteiger partial charge is 0.247 e. The molecular formula is C29H33IN2O7. The van der Waals surface area contributed by atoms with Gasteiger partial charge in [-0.1, -0.05) is 43.3 Å². The lowest BCUT2D eigenvalue weighted by molar-refractivity contribution is -0.134. The van der Waals surface area contributed by atoms with Crippen LogP contribution in [0, 0.1) is 3.57 Å². The van der Waals surface area contributed by atoms with E-state index in [2.05, 4.69) is 5.32 Å². The molecule has 3 N–H and O–H groups in total. The molecule has 1 aliphatic rings. The maximum atomic E-state index is 13.4. The van der Waals surface area contributed by atoms with Crippen LogP contribution in [0.15, 0.2) is 66.3 Å². The van der Waals surface area contributed by atoms with Crippen LogP contribution in [0.4, 0.5) is 0 Å². The molecule has 2 aromatic rings. The number of aldehydes is 1. The molecule has 0 heterocycles. The molecular weight excluding hydrogens is 615 g/mol. The van der Waals surface area contributed by atoms with E-state index in [1.165, 1.54) is 25.3 Å². The fraction of sp³-hybridized carbons (Fsp3) is 0.345. The first kappa shape index (κ1) is 30.3. The van der Waals surface area contributed by atoms with Crippen LogP contribution in [0.2, 0.25) is 0 Å². The largest absolute Gasteiger partial charge is 0.493 e. The Kier molecular flexibility index (Phi) is 11.5. The number of carbonyl (C=O) groups excluding carboxylic acids is 3. The Morgan fingerprint density at radius 1 is 1.23 bits per heavy atom. The molecule has 0 fully saturated rings. The number of hydrogen-bond donors (Lipinski definition) is 3. The summed E-state index contributed by atoms with van der Waals surface area (Å²) in [6, 6.07) is 11.7. The topological polar surface area (TPSA) is 125 Å². The first-order valence-corrected chi connectivity index (χ1v) is 13.7. The van der Waals surface area contributed by atoms with E-state index in [9.17, 15) is 24.6 Å². The molecule has 9 nitrogen and oxygen atoms in total. The van der Waals surface area contributed by atoms with Crippen molar-refractivity contribution in [3.8, 4) is 11.5 Å². The summed E-state index contributed by atoms with van der Waals surface area (Å²) < 4.78 is 12.2. The Bertz CT molecular complexity index is 1220. The molecule has 0 saturated carbocycles. The molecule has 10 heteroatoms. The SMILES string of the molecule is CCC=CC(=O)N(Cc1ccccc1)[C@@H]1CC(C(=O)NCCO)=C[C@H](Oc2c(I)cc(C=O)cc2OC)[C@H]1O. The van der Waals surface area contributed by atoms with Gasteiger partial charge in [-0.25, -0.2) is 0 Å². The Morgan fingerprint density at radius 2 is 1.97 bits per heavy atom. The van der Waals surface area contributed by atoms with Crippen molar-refractivity contribution in [2.24, 2.45) is 0 Å². The molecule has 3 atom stereocenters. The summed E-state index contributed by atoms with van der Waals surface area (Å²) in [4.78, 5) is 39.2. The molecule has 0 saturated heterocycles. The quantitative estimate of drug-likeness (QED) is 0.184. The first-order chi connectivity index (χ1) is 18.8. The van der Waals surface area contributed by atoms with Crippen molar-refractivity contribution >= 4 is 40.7 Å². The highest BCUT2D eigenvalue weighted by atomic mass is 127. The third-order valence-corrected chi connectivity index (χ3v) is 7.03. The summed E-state index contributed by atoms with van der Waals surface area (Å²) in [5.74, 6) is -0.139. The van der Waals surface area contributed by atoms with Crippen molar-refractivity contribution in [3.05, 3.63) is 81.0 Å². The van der Waals surface area contributed by atoms with Crippen molar-refractivity contribution in [3.63, 3.8) is 0 Å². The van der Waals surface area contributed by atoms with Crippen LogP contribution in [-0.2, 0) is 16.1 Å². The Morgan fingerprint density at radius 3 is 2.62 bits per heavy atom. The highest BCUT2D eigenvalue weighted by Gasteiger charge is 2.40. The van der Waals surface area contributed by atoms with Crippen molar-refractivity contribution in [2.45, 2.75) is 44.6 Å². The average Bonchev–Trinajstić information content (AvgIpc) is 2.95. The van der Waals surface area contributed by atoms with Gasteiger partial charge in [-0.05, 0) is 58.9 Å². The van der Waals surface area contributed by atoms with E-state index in [0.717, 1.165) is 5.56 Å². The maximum Gasteiger partial charge on any atom is 0.247 e. The van der Waals surface area contributed by atoms with Gasteiger partial charge in [0, 0.05) is 30.6 Å². The van der Waals surface area contributed by atoms with Gasteiger partial charge < -0.3 is 29.9 Å². The number of aliphatic hydroxyl groups excluding tert-OH is 2. The molecule has 0 spiro atoms. The normalized spacial score (nSPS) is 18.8. The lowest BCUT2D eigenvalue weighted by Gasteiger charge is -2.40. The summed E-state index contributed by atoms with van der Waals surface area (Å²) in [5, 5.41) is 23.4. The van der Waals surface area contributed by atoms with E-state index in [1.807, 2.05) is 59.8 Å². The second-order valence-corrected chi connectivity index (χ2v) is 10.1. The summed E-state index contributed by atoms with van der Waals surface area (Å²) >= 11 is 2.01. The highest BCUT2D eigenvalue weighted by Crippen LogP contribution is 2.37. The molecule has 3 rings (SSSR count). The van der Waals surface area contributed by atoms with E-state index in [4.69, 9.17) is 9.47 Å². The van der Waals surface area contributed by atoms with Crippen molar-refractivity contribution < 1.29 is 34.1 Å². The minimum absolute atomic E-state index is 0.0553. The van der Waals surface area contributed by atoms with Crippen LogP contribution in [-0.4, -0.2) is 71.7 Å². The van der Waals surface area contributed by atoms with Crippen LogP contribution in [0.1, 0.15) is 35.7 Å². The zero-order chi connectivity index (χ0) is 28.4.